The van der Waals surface area contributed by atoms with Gasteiger partial charge < -0.3 is 19.9 Å². The van der Waals surface area contributed by atoms with Crippen LogP contribution in [0.2, 0.25) is 0 Å². The predicted molar refractivity (Wildman–Crippen MR) is 133 cm³/mol. The maximum absolute atomic E-state index is 13.0. The molecule has 32 heavy (non-hydrogen) atoms. The Bertz CT molecular complexity index is 851. The van der Waals surface area contributed by atoms with Gasteiger partial charge in [-0.05, 0) is 68.6 Å². The third kappa shape index (κ3) is 6.81. The molecule has 0 radical (unpaired) electrons. The van der Waals surface area contributed by atoms with Crippen molar-refractivity contribution in [3.63, 3.8) is 0 Å². The van der Waals surface area contributed by atoms with Crippen molar-refractivity contribution in [1.29, 1.82) is 0 Å². The maximum Gasteiger partial charge on any atom is 0.234 e. The van der Waals surface area contributed by atoms with Crippen molar-refractivity contribution in [1.82, 2.24) is 9.80 Å². The van der Waals surface area contributed by atoms with Gasteiger partial charge in [-0.1, -0.05) is 38.1 Å². The molecular weight excluding hydrogens is 398 g/mol. The van der Waals surface area contributed by atoms with Crippen LogP contribution in [-0.4, -0.2) is 62.1 Å². The standard InChI is InChI=1S/C27H39N3O2/c1-21(2)20-32-25-12-8-23(9-13-25)27(3,4)26(31)28-24-10-6-22(7-11-24)14-15-30-18-16-29(5)17-19-30/h6-13,21H,14-20H2,1-5H3,(H,28,31). The number of anilines is 1. The number of rotatable bonds is 9. The second-order valence-electron chi connectivity index (χ2n) is 9.90. The maximum atomic E-state index is 13.0. The molecule has 0 saturated carbocycles. The number of nitrogens with one attached hydrogen (secondary N) is 1. The van der Waals surface area contributed by atoms with Crippen molar-refractivity contribution in [2.45, 2.75) is 39.5 Å². The molecule has 1 saturated heterocycles. The number of amides is 1. The van der Waals surface area contributed by atoms with Crippen LogP contribution in [-0.2, 0) is 16.6 Å². The molecule has 3 rings (SSSR count). The minimum absolute atomic E-state index is 0.0152. The first-order valence-corrected chi connectivity index (χ1v) is 11.8. The lowest BCUT2D eigenvalue weighted by atomic mass is 9.83. The Kier molecular flexibility index (Phi) is 8.32. The summed E-state index contributed by atoms with van der Waals surface area (Å²) in [5.74, 6) is 1.31. The van der Waals surface area contributed by atoms with E-state index in [1.54, 1.807) is 0 Å². The van der Waals surface area contributed by atoms with Gasteiger partial charge in [-0.3, -0.25) is 4.79 Å². The molecule has 1 aliphatic heterocycles. The van der Waals surface area contributed by atoms with E-state index in [0.717, 1.165) is 56.1 Å². The fourth-order valence-corrected chi connectivity index (χ4v) is 3.76. The van der Waals surface area contributed by atoms with E-state index in [1.165, 1.54) is 5.56 Å². The molecule has 5 heteroatoms. The fourth-order valence-electron chi connectivity index (χ4n) is 3.76. The zero-order chi connectivity index (χ0) is 23.1. The van der Waals surface area contributed by atoms with Crippen molar-refractivity contribution in [2.75, 3.05) is 51.7 Å². The van der Waals surface area contributed by atoms with E-state index in [4.69, 9.17) is 4.74 Å². The summed E-state index contributed by atoms with van der Waals surface area (Å²) in [6, 6.07) is 16.1. The van der Waals surface area contributed by atoms with Crippen LogP contribution in [0.5, 0.6) is 5.75 Å². The Morgan fingerprint density at radius 3 is 2.22 bits per heavy atom. The molecule has 0 unspecified atom stereocenters. The van der Waals surface area contributed by atoms with Crippen molar-refractivity contribution < 1.29 is 9.53 Å². The van der Waals surface area contributed by atoms with Crippen LogP contribution in [0, 0.1) is 5.92 Å². The Balaban J connectivity index is 1.52. The SMILES string of the molecule is CC(C)COc1ccc(C(C)(C)C(=O)Nc2ccc(CCN3CCN(C)CC3)cc2)cc1. The van der Waals surface area contributed by atoms with Gasteiger partial charge in [0.2, 0.25) is 5.91 Å². The lowest BCUT2D eigenvalue weighted by Gasteiger charge is -2.32. The second kappa shape index (κ2) is 11.0. The second-order valence-corrected chi connectivity index (χ2v) is 9.90. The highest BCUT2D eigenvalue weighted by Gasteiger charge is 2.30. The van der Waals surface area contributed by atoms with E-state index < -0.39 is 5.41 Å². The van der Waals surface area contributed by atoms with Gasteiger partial charge in [0.1, 0.15) is 5.75 Å². The minimum atomic E-state index is -0.642. The molecule has 5 nitrogen and oxygen atoms in total. The van der Waals surface area contributed by atoms with Crippen LogP contribution in [0.4, 0.5) is 5.69 Å². The van der Waals surface area contributed by atoms with Gasteiger partial charge in [0.05, 0.1) is 12.0 Å². The van der Waals surface area contributed by atoms with E-state index in [-0.39, 0.29) is 5.91 Å². The Morgan fingerprint density at radius 1 is 1.00 bits per heavy atom. The Morgan fingerprint density at radius 2 is 1.62 bits per heavy atom. The Hall–Kier alpha value is -2.37. The molecule has 0 bridgehead atoms. The van der Waals surface area contributed by atoms with Crippen LogP contribution >= 0.6 is 0 Å². The van der Waals surface area contributed by atoms with Gasteiger partial charge >= 0.3 is 0 Å². The molecule has 0 spiro atoms. The van der Waals surface area contributed by atoms with Crippen LogP contribution in [0.3, 0.4) is 0 Å². The number of likely N-dealkylation sites (N-methyl/N-ethyl adjacent to an activating group) is 1. The number of benzene rings is 2. The third-order valence-electron chi connectivity index (χ3n) is 6.25. The number of hydrogen-bond acceptors (Lipinski definition) is 4. The first kappa shape index (κ1) is 24.3. The normalized spacial score (nSPS) is 15.7. The van der Waals surface area contributed by atoms with Crippen molar-refractivity contribution in [2.24, 2.45) is 5.92 Å². The average molecular weight is 438 g/mol. The number of carbonyl (C=O) groups excluding carboxylic acids is 1. The fraction of sp³-hybridized carbons (Fsp3) is 0.519. The molecule has 174 valence electrons. The quantitative estimate of drug-likeness (QED) is 0.630. The summed E-state index contributed by atoms with van der Waals surface area (Å²) in [5.41, 5.74) is 2.47. The number of hydrogen-bond donors (Lipinski definition) is 1. The summed E-state index contributed by atoms with van der Waals surface area (Å²) in [6.45, 7) is 14.5. The summed E-state index contributed by atoms with van der Waals surface area (Å²) in [4.78, 5) is 17.9. The molecule has 1 heterocycles. The molecule has 2 aromatic rings. The average Bonchev–Trinajstić information content (AvgIpc) is 2.78. The highest BCUT2D eigenvalue weighted by Crippen LogP contribution is 2.27. The van der Waals surface area contributed by atoms with Gasteiger partial charge in [0.25, 0.3) is 0 Å². The van der Waals surface area contributed by atoms with E-state index in [2.05, 4.69) is 48.1 Å². The molecule has 1 amide bonds. The van der Waals surface area contributed by atoms with Gasteiger partial charge in [-0.25, -0.2) is 0 Å². The van der Waals surface area contributed by atoms with Crippen LogP contribution in [0.1, 0.15) is 38.8 Å². The first-order chi connectivity index (χ1) is 15.2. The zero-order valence-electron chi connectivity index (χ0n) is 20.4. The number of piperazine rings is 1. The lowest BCUT2D eigenvalue weighted by Crippen LogP contribution is -2.45. The van der Waals surface area contributed by atoms with Crippen LogP contribution in [0.15, 0.2) is 48.5 Å². The molecule has 0 aliphatic carbocycles. The third-order valence-corrected chi connectivity index (χ3v) is 6.25. The summed E-state index contributed by atoms with van der Waals surface area (Å²) in [7, 11) is 2.18. The largest absolute Gasteiger partial charge is 0.493 e. The van der Waals surface area contributed by atoms with Gasteiger partial charge in [-0.2, -0.15) is 0 Å². The highest BCUT2D eigenvalue weighted by atomic mass is 16.5. The monoisotopic (exact) mass is 437 g/mol. The van der Waals surface area contributed by atoms with Gasteiger partial charge in [0.15, 0.2) is 0 Å². The molecule has 1 fully saturated rings. The van der Waals surface area contributed by atoms with E-state index in [9.17, 15) is 4.79 Å². The van der Waals surface area contributed by atoms with Crippen LogP contribution < -0.4 is 10.1 Å². The van der Waals surface area contributed by atoms with Crippen molar-refractivity contribution in [3.8, 4) is 5.75 Å². The molecule has 0 aromatic heterocycles. The number of ether oxygens (including phenoxy) is 1. The van der Waals surface area contributed by atoms with Gasteiger partial charge in [-0.15, -0.1) is 0 Å². The molecule has 1 aliphatic rings. The van der Waals surface area contributed by atoms with Crippen LogP contribution in [0.25, 0.3) is 0 Å². The molecule has 2 aromatic carbocycles. The predicted octanol–water partition coefficient (Wildman–Crippen LogP) is 4.43. The molecule has 0 atom stereocenters. The van der Waals surface area contributed by atoms with Gasteiger partial charge in [0, 0.05) is 38.4 Å². The zero-order valence-corrected chi connectivity index (χ0v) is 20.4. The Labute approximate surface area is 193 Å². The lowest BCUT2D eigenvalue weighted by molar-refractivity contribution is -0.120. The summed E-state index contributed by atoms with van der Waals surface area (Å²) in [6.07, 6.45) is 1.04. The highest BCUT2D eigenvalue weighted by molar-refractivity contribution is 5.98. The number of carbonyl (C=O) groups is 1. The smallest absolute Gasteiger partial charge is 0.234 e. The molecular formula is C27H39N3O2. The van der Waals surface area contributed by atoms with Crippen molar-refractivity contribution >= 4 is 11.6 Å². The topological polar surface area (TPSA) is 44.8 Å². The van der Waals surface area contributed by atoms with Crippen molar-refractivity contribution in [3.05, 3.63) is 59.7 Å². The summed E-state index contributed by atoms with van der Waals surface area (Å²) < 4.78 is 5.76. The molecule has 1 N–H and O–H groups in total. The summed E-state index contributed by atoms with van der Waals surface area (Å²) in [5, 5.41) is 3.09. The van der Waals surface area contributed by atoms with E-state index in [0.29, 0.717) is 12.5 Å². The number of nitrogens with zero attached hydrogens (tertiary/aromatic N) is 2. The minimum Gasteiger partial charge on any atom is -0.493 e. The summed E-state index contributed by atoms with van der Waals surface area (Å²) >= 11 is 0. The van der Waals surface area contributed by atoms with E-state index >= 15 is 0 Å². The first-order valence-electron chi connectivity index (χ1n) is 11.8. The van der Waals surface area contributed by atoms with E-state index in [1.807, 2.05) is 50.2 Å².